The van der Waals surface area contributed by atoms with Crippen LogP contribution in [-0.4, -0.2) is 107 Å². The van der Waals surface area contributed by atoms with Gasteiger partial charge in [-0.1, -0.05) is 6.92 Å². The number of aliphatic hydroxyl groups excluding tert-OH is 2. The highest BCUT2D eigenvalue weighted by molar-refractivity contribution is 6.06. The Balaban J connectivity index is 2.97. The molecule has 2 atom stereocenters. The number of carbonyl (C=O) groups excluding carboxylic acids is 5. The van der Waals surface area contributed by atoms with E-state index in [9.17, 15) is 34.2 Å². The molecule has 0 aliphatic carbocycles. The van der Waals surface area contributed by atoms with Gasteiger partial charge >= 0.3 is 30.0 Å². The number of hydrogen-bond acceptors (Lipinski definition) is 9. The number of imide groups is 3. The van der Waals surface area contributed by atoms with Crippen LogP contribution < -0.4 is 0 Å². The number of esters is 2. The van der Waals surface area contributed by atoms with E-state index in [4.69, 9.17) is 4.74 Å². The summed E-state index contributed by atoms with van der Waals surface area (Å²) in [5.74, 6) is -1.70. The minimum atomic E-state index is -1.44. The molecule has 1 fully saturated rings. The van der Waals surface area contributed by atoms with Crippen molar-refractivity contribution >= 4 is 30.0 Å². The number of ether oxygens (including phenoxy) is 2. The number of urea groups is 3. The summed E-state index contributed by atoms with van der Waals surface area (Å²) in [4.78, 5) is 62.8. The van der Waals surface area contributed by atoms with Gasteiger partial charge < -0.3 is 19.7 Å². The molecule has 2 N–H and O–H groups in total. The second-order valence-electron chi connectivity index (χ2n) is 6.87. The summed E-state index contributed by atoms with van der Waals surface area (Å²) in [6, 6.07) is -2.51. The van der Waals surface area contributed by atoms with Crippen molar-refractivity contribution in [3.63, 3.8) is 0 Å². The standard InChI is InChI=1S/C19H30N3O9/c1-5-13(23)10-20-17(27)21(19(29)22(6-2,7-3)18(20)28)11-14(24)12-31-16(26)9-8-15(25)30-4/h8-9,13-14,23-24H,5-7,10-12H2,1-4H3/q+1/b9-8+. The van der Waals surface area contributed by atoms with Crippen molar-refractivity contribution in [3.8, 4) is 0 Å². The van der Waals surface area contributed by atoms with E-state index in [1.165, 1.54) is 0 Å². The van der Waals surface area contributed by atoms with Crippen LogP contribution in [0, 0.1) is 0 Å². The molecule has 2 unspecified atom stereocenters. The number of nitrogens with zero attached hydrogens (tertiary/aromatic N) is 3. The van der Waals surface area contributed by atoms with Crippen LogP contribution in [0.5, 0.6) is 0 Å². The normalized spacial score (nSPS) is 18.3. The number of β-amino-alcohol motifs (C(OH)–C–C–N with tert-alkyl or cyclic N) is 2. The van der Waals surface area contributed by atoms with E-state index >= 15 is 0 Å². The van der Waals surface area contributed by atoms with Gasteiger partial charge in [0, 0.05) is 12.2 Å². The van der Waals surface area contributed by atoms with Crippen molar-refractivity contribution in [2.24, 2.45) is 0 Å². The Morgan fingerprint density at radius 1 is 0.935 bits per heavy atom. The van der Waals surface area contributed by atoms with Crippen molar-refractivity contribution in [1.29, 1.82) is 0 Å². The second kappa shape index (κ2) is 11.5. The lowest BCUT2D eigenvalue weighted by Crippen LogP contribution is -2.74. The molecule has 1 rings (SSSR count). The predicted octanol–water partition coefficient (Wildman–Crippen LogP) is 0.225. The summed E-state index contributed by atoms with van der Waals surface area (Å²) < 4.78 is 8.43. The van der Waals surface area contributed by atoms with Crippen LogP contribution >= 0.6 is 0 Å². The van der Waals surface area contributed by atoms with Crippen LogP contribution in [0.4, 0.5) is 14.4 Å². The lowest BCUT2D eigenvalue weighted by atomic mass is 10.2. The summed E-state index contributed by atoms with van der Waals surface area (Å²) in [5, 5.41) is 20.2. The Morgan fingerprint density at radius 3 is 1.87 bits per heavy atom. The number of aliphatic hydroxyl groups is 2. The molecule has 0 spiro atoms. The molecule has 6 amide bonds. The van der Waals surface area contributed by atoms with Crippen molar-refractivity contribution in [2.45, 2.75) is 39.4 Å². The summed E-state index contributed by atoms with van der Waals surface area (Å²) in [7, 11) is 1.13. The molecule has 1 aliphatic heterocycles. The third-order valence-electron chi connectivity index (χ3n) is 4.97. The average molecular weight is 444 g/mol. The fourth-order valence-corrected chi connectivity index (χ4v) is 2.96. The summed E-state index contributed by atoms with van der Waals surface area (Å²) in [6.07, 6.45) is -0.473. The van der Waals surface area contributed by atoms with Gasteiger partial charge in [-0.25, -0.2) is 33.8 Å². The topological polar surface area (TPSA) is 151 Å². The monoisotopic (exact) mass is 444 g/mol. The average Bonchev–Trinajstić information content (AvgIpc) is 2.77. The molecule has 1 saturated heterocycles. The fraction of sp³-hybridized carbons (Fsp3) is 0.632. The molecule has 12 heteroatoms. The maximum absolute atomic E-state index is 13.0. The van der Waals surface area contributed by atoms with Crippen LogP contribution in [-0.2, 0) is 19.1 Å². The van der Waals surface area contributed by atoms with Gasteiger partial charge in [-0.15, -0.1) is 0 Å². The van der Waals surface area contributed by atoms with E-state index < -0.39 is 59.9 Å². The van der Waals surface area contributed by atoms with Crippen LogP contribution in [0.3, 0.4) is 0 Å². The number of amides is 6. The van der Waals surface area contributed by atoms with E-state index in [0.717, 1.165) is 29.1 Å². The quantitative estimate of drug-likeness (QED) is 0.259. The third kappa shape index (κ3) is 6.09. The Labute approximate surface area is 180 Å². The van der Waals surface area contributed by atoms with Crippen LogP contribution in [0.2, 0.25) is 0 Å². The van der Waals surface area contributed by atoms with Gasteiger partial charge in [0.1, 0.15) is 12.7 Å². The Morgan fingerprint density at radius 2 is 1.42 bits per heavy atom. The van der Waals surface area contributed by atoms with E-state index in [2.05, 4.69) is 4.74 Å². The highest BCUT2D eigenvalue weighted by Crippen LogP contribution is 2.24. The highest BCUT2D eigenvalue weighted by Gasteiger charge is 2.57. The largest absolute Gasteiger partial charge is 0.466 e. The predicted molar refractivity (Wildman–Crippen MR) is 105 cm³/mol. The zero-order valence-electron chi connectivity index (χ0n) is 18.1. The molecule has 0 aromatic carbocycles. The van der Waals surface area contributed by atoms with Gasteiger partial charge in [-0.3, -0.25) is 0 Å². The lowest BCUT2D eigenvalue weighted by molar-refractivity contribution is -0.773. The minimum absolute atomic E-state index is 0.0695. The molecule has 0 saturated carbocycles. The van der Waals surface area contributed by atoms with Crippen molar-refractivity contribution in [1.82, 2.24) is 9.80 Å². The van der Waals surface area contributed by atoms with Gasteiger partial charge in [0.15, 0.2) is 0 Å². The maximum atomic E-state index is 13.0. The molecule has 174 valence electrons. The maximum Gasteiger partial charge on any atom is 0.436 e. The molecule has 1 aliphatic rings. The first kappa shape index (κ1) is 26.2. The highest BCUT2D eigenvalue weighted by atomic mass is 16.5. The number of hydrogen-bond donors (Lipinski definition) is 2. The molecular formula is C19H30N3O9+. The fourth-order valence-electron chi connectivity index (χ4n) is 2.96. The van der Waals surface area contributed by atoms with Crippen LogP contribution in [0.15, 0.2) is 12.2 Å². The van der Waals surface area contributed by atoms with Crippen molar-refractivity contribution in [2.75, 3.05) is 39.9 Å². The van der Waals surface area contributed by atoms with E-state index in [0.29, 0.717) is 6.42 Å². The molecular weight excluding hydrogens is 414 g/mol. The van der Waals surface area contributed by atoms with Crippen LogP contribution in [0.25, 0.3) is 0 Å². The third-order valence-corrected chi connectivity index (χ3v) is 4.97. The summed E-state index contributed by atoms with van der Waals surface area (Å²) in [6.45, 7) is 3.67. The lowest BCUT2D eigenvalue weighted by Gasteiger charge is -2.43. The molecule has 0 aromatic rings. The van der Waals surface area contributed by atoms with Gasteiger partial charge in [0.25, 0.3) is 0 Å². The SMILES string of the molecule is CCC(O)CN1C(=O)N(CC(O)COC(=O)/C=C/C(=O)OC)C(=O)[N+](CC)(CC)C1=O. The number of quaternary nitrogens is 1. The second-order valence-corrected chi connectivity index (χ2v) is 6.87. The van der Waals surface area contributed by atoms with E-state index in [1.54, 1.807) is 20.8 Å². The molecule has 1 heterocycles. The molecule has 0 radical (unpaired) electrons. The Kier molecular flexibility index (Phi) is 9.75. The van der Waals surface area contributed by atoms with Crippen molar-refractivity contribution < 1.29 is 48.1 Å². The van der Waals surface area contributed by atoms with Crippen LogP contribution in [0.1, 0.15) is 27.2 Å². The van der Waals surface area contributed by atoms with Gasteiger partial charge in [0.05, 0.1) is 39.4 Å². The minimum Gasteiger partial charge on any atom is -0.466 e. The van der Waals surface area contributed by atoms with E-state index in [1.807, 2.05) is 0 Å². The smallest absolute Gasteiger partial charge is 0.436 e. The summed E-state index contributed by atoms with van der Waals surface area (Å²) in [5.41, 5.74) is 0. The zero-order valence-corrected chi connectivity index (χ0v) is 18.1. The molecule has 12 nitrogen and oxygen atoms in total. The first-order chi connectivity index (χ1) is 14.6. The first-order valence-electron chi connectivity index (χ1n) is 9.91. The van der Waals surface area contributed by atoms with E-state index in [-0.39, 0.29) is 19.6 Å². The number of methoxy groups -OCH3 is 1. The first-order valence-corrected chi connectivity index (χ1v) is 9.91. The van der Waals surface area contributed by atoms with Crippen molar-refractivity contribution in [3.05, 3.63) is 12.2 Å². The zero-order chi connectivity index (χ0) is 23.8. The molecule has 0 bridgehead atoms. The van der Waals surface area contributed by atoms with Gasteiger partial charge in [0.2, 0.25) is 0 Å². The Hall–Kier alpha value is -2.83. The number of carbonyl (C=O) groups is 5. The van der Waals surface area contributed by atoms with Gasteiger partial charge in [-0.2, -0.15) is 4.48 Å². The summed E-state index contributed by atoms with van der Waals surface area (Å²) >= 11 is 0. The van der Waals surface area contributed by atoms with Gasteiger partial charge in [-0.05, 0) is 20.3 Å². The Bertz CT molecular complexity index is 733. The molecule has 31 heavy (non-hydrogen) atoms. The molecule has 0 aromatic heterocycles. The number of rotatable bonds is 11.